The third kappa shape index (κ3) is 3.24. The van der Waals surface area contributed by atoms with Gasteiger partial charge in [-0.3, -0.25) is 4.79 Å². The molecule has 5 heteroatoms. The second-order valence-corrected chi connectivity index (χ2v) is 5.47. The van der Waals surface area contributed by atoms with Crippen LogP contribution in [0, 0.1) is 0 Å². The van der Waals surface area contributed by atoms with E-state index in [0.717, 1.165) is 38.0 Å². The predicted molar refractivity (Wildman–Crippen MR) is 86.3 cm³/mol. The van der Waals surface area contributed by atoms with E-state index in [4.69, 9.17) is 0 Å². The zero-order chi connectivity index (χ0) is 15.4. The van der Waals surface area contributed by atoms with E-state index in [1.54, 1.807) is 12.4 Å². The molecule has 3 rings (SSSR count). The van der Waals surface area contributed by atoms with Gasteiger partial charge in [-0.05, 0) is 37.0 Å². The molecule has 0 unspecified atom stereocenters. The molecule has 114 valence electrons. The minimum Gasteiger partial charge on any atom is -0.339 e. The summed E-state index contributed by atoms with van der Waals surface area (Å²) in [6.07, 6.45) is 6.37. The molecule has 1 amide bonds. The zero-order valence-electron chi connectivity index (χ0n) is 12.7. The highest BCUT2D eigenvalue weighted by molar-refractivity contribution is 5.93. The van der Waals surface area contributed by atoms with Crippen molar-refractivity contribution < 1.29 is 4.79 Å². The molecule has 0 atom stereocenters. The molecule has 1 aliphatic heterocycles. The number of nitrogens with one attached hydrogen (secondary N) is 1. The van der Waals surface area contributed by atoms with Gasteiger partial charge in [0.1, 0.15) is 0 Å². The van der Waals surface area contributed by atoms with Gasteiger partial charge < -0.3 is 10.2 Å². The van der Waals surface area contributed by atoms with Crippen LogP contribution in [0.1, 0.15) is 35.7 Å². The smallest absolute Gasteiger partial charge is 0.256 e. The molecule has 0 aliphatic carbocycles. The summed E-state index contributed by atoms with van der Waals surface area (Å²) in [5, 5.41) is 3.14. The molecule has 1 aliphatic rings. The van der Waals surface area contributed by atoms with Crippen LogP contribution < -0.4 is 5.32 Å². The van der Waals surface area contributed by atoms with E-state index in [1.807, 2.05) is 17.0 Å². The SMILES string of the molecule is CCc1ccc(Nc2ncc(C(=O)N3CCCC3)cn2)cc1. The molecule has 2 heterocycles. The number of anilines is 2. The lowest BCUT2D eigenvalue weighted by Crippen LogP contribution is -2.27. The van der Waals surface area contributed by atoms with Gasteiger partial charge in [0, 0.05) is 31.2 Å². The average molecular weight is 296 g/mol. The van der Waals surface area contributed by atoms with Crippen molar-refractivity contribution in [3.8, 4) is 0 Å². The monoisotopic (exact) mass is 296 g/mol. The Labute approximate surface area is 130 Å². The number of hydrogen-bond donors (Lipinski definition) is 1. The first kappa shape index (κ1) is 14.5. The maximum absolute atomic E-state index is 12.2. The number of likely N-dealkylation sites (tertiary alicyclic amines) is 1. The molecule has 0 radical (unpaired) electrons. The molecule has 1 aromatic carbocycles. The highest BCUT2D eigenvalue weighted by Crippen LogP contribution is 2.15. The van der Waals surface area contributed by atoms with Gasteiger partial charge in [-0.15, -0.1) is 0 Å². The Morgan fingerprint density at radius 3 is 2.36 bits per heavy atom. The number of amides is 1. The maximum atomic E-state index is 12.2. The topological polar surface area (TPSA) is 58.1 Å². The molecule has 1 N–H and O–H groups in total. The summed E-state index contributed by atoms with van der Waals surface area (Å²) in [5.41, 5.74) is 2.78. The normalized spacial score (nSPS) is 14.1. The first-order chi connectivity index (χ1) is 10.8. The minimum absolute atomic E-state index is 0.0244. The fourth-order valence-corrected chi connectivity index (χ4v) is 2.56. The van der Waals surface area contributed by atoms with Crippen molar-refractivity contribution in [2.24, 2.45) is 0 Å². The average Bonchev–Trinajstić information content (AvgIpc) is 3.10. The number of rotatable bonds is 4. The summed E-state index contributed by atoms with van der Waals surface area (Å²) in [4.78, 5) is 22.5. The third-order valence-corrected chi connectivity index (χ3v) is 3.91. The number of benzene rings is 1. The van der Waals surface area contributed by atoms with Crippen molar-refractivity contribution in [2.45, 2.75) is 26.2 Å². The van der Waals surface area contributed by atoms with Crippen LogP contribution in [0.3, 0.4) is 0 Å². The Morgan fingerprint density at radius 2 is 1.77 bits per heavy atom. The van der Waals surface area contributed by atoms with Crippen LogP contribution in [0.15, 0.2) is 36.7 Å². The number of nitrogens with zero attached hydrogens (tertiary/aromatic N) is 3. The van der Waals surface area contributed by atoms with Gasteiger partial charge >= 0.3 is 0 Å². The fraction of sp³-hybridized carbons (Fsp3) is 0.353. The molecular formula is C17H20N4O. The van der Waals surface area contributed by atoms with Gasteiger partial charge in [-0.25, -0.2) is 9.97 Å². The molecule has 5 nitrogen and oxygen atoms in total. The van der Waals surface area contributed by atoms with Crippen LogP contribution in [0.5, 0.6) is 0 Å². The van der Waals surface area contributed by atoms with Crippen molar-refractivity contribution in [3.05, 3.63) is 47.8 Å². The lowest BCUT2D eigenvalue weighted by atomic mass is 10.1. The molecule has 1 saturated heterocycles. The van der Waals surface area contributed by atoms with Gasteiger partial charge in [0.2, 0.25) is 5.95 Å². The fourth-order valence-electron chi connectivity index (χ4n) is 2.56. The largest absolute Gasteiger partial charge is 0.339 e. The third-order valence-electron chi connectivity index (χ3n) is 3.91. The Hall–Kier alpha value is -2.43. The van der Waals surface area contributed by atoms with Crippen molar-refractivity contribution in [2.75, 3.05) is 18.4 Å². The zero-order valence-corrected chi connectivity index (χ0v) is 12.7. The summed E-state index contributed by atoms with van der Waals surface area (Å²) in [7, 11) is 0. The summed E-state index contributed by atoms with van der Waals surface area (Å²) in [6, 6.07) is 8.16. The molecule has 22 heavy (non-hydrogen) atoms. The van der Waals surface area contributed by atoms with Gasteiger partial charge in [-0.2, -0.15) is 0 Å². The molecule has 0 bridgehead atoms. The maximum Gasteiger partial charge on any atom is 0.256 e. The standard InChI is InChI=1S/C17H20N4O/c1-2-13-5-7-15(8-6-13)20-17-18-11-14(12-19-17)16(22)21-9-3-4-10-21/h5-8,11-12H,2-4,9-10H2,1H3,(H,18,19,20). The number of carbonyl (C=O) groups is 1. The van der Waals surface area contributed by atoms with Gasteiger partial charge in [0.05, 0.1) is 5.56 Å². The Morgan fingerprint density at radius 1 is 1.14 bits per heavy atom. The number of hydrogen-bond acceptors (Lipinski definition) is 4. The van der Waals surface area contributed by atoms with Crippen molar-refractivity contribution in [3.63, 3.8) is 0 Å². The Balaban J connectivity index is 1.66. The number of aromatic nitrogens is 2. The first-order valence-corrected chi connectivity index (χ1v) is 7.73. The van der Waals surface area contributed by atoms with E-state index < -0.39 is 0 Å². The van der Waals surface area contributed by atoms with Crippen LogP contribution in [-0.4, -0.2) is 33.9 Å². The van der Waals surface area contributed by atoms with E-state index in [1.165, 1.54) is 5.56 Å². The second kappa shape index (κ2) is 6.56. The van der Waals surface area contributed by atoms with Crippen LogP contribution in [0.4, 0.5) is 11.6 Å². The van der Waals surface area contributed by atoms with Gasteiger partial charge in [0.15, 0.2) is 0 Å². The molecule has 2 aromatic rings. The molecule has 0 spiro atoms. The van der Waals surface area contributed by atoms with Crippen LogP contribution in [0.2, 0.25) is 0 Å². The first-order valence-electron chi connectivity index (χ1n) is 7.73. The van der Waals surface area contributed by atoms with E-state index in [9.17, 15) is 4.79 Å². The van der Waals surface area contributed by atoms with Crippen molar-refractivity contribution in [1.29, 1.82) is 0 Å². The Bertz CT molecular complexity index is 631. The number of aryl methyl sites for hydroxylation is 1. The van der Waals surface area contributed by atoms with E-state index >= 15 is 0 Å². The summed E-state index contributed by atoms with van der Waals surface area (Å²) < 4.78 is 0. The van der Waals surface area contributed by atoms with E-state index in [2.05, 4.69) is 34.3 Å². The summed E-state index contributed by atoms with van der Waals surface area (Å²) in [5.74, 6) is 0.526. The van der Waals surface area contributed by atoms with Crippen molar-refractivity contribution >= 4 is 17.5 Å². The summed E-state index contributed by atoms with van der Waals surface area (Å²) in [6.45, 7) is 3.80. The van der Waals surface area contributed by atoms with Crippen LogP contribution in [0.25, 0.3) is 0 Å². The summed E-state index contributed by atoms with van der Waals surface area (Å²) >= 11 is 0. The molecule has 0 saturated carbocycles. The molecule has 1 aromatic heterocycles. The van der Waals surface area contributed by atoms with Gasteiger partial charge in [0.25, 0.3) is 5.91 Å². The second-order valence-electron chi connectivity index (χ2n) is 5.47. The highest BCUT2D eigenvalue weighted by atomic mass is 16.2. The molecule has 1 fully saturated rings. The minimum atomic E-state index is 0.0244. The van der Waals surface area contributed by atoms with Gasteiger partial charge in [-0.1, -0.05) is 19.1 Å². The quantitative estimate of drug-likeness (QED) is 0.942. The van der Waals surface area contributed by atoms with E-state index in [-0.39, 0.29) is 5.91 Å². The van der Waals surface area contributed by atoms with Crippen LogP contribution in [-0.2, 0) is 6.42 Å². The Kier molecular flexibility index (Phi) is 4.32. The van der Waals surface area contributed by atoms with Crippen molar-refractivity contribution in [1.82, 2.24) is 14.9 Å². The molecular weight excluding hydrogens is 276 g/mol. The predicted octanol–water partition coefficient (Wildman–Crippen LogP) is 3.02. The lowest BCUT2D eigenvalue weighted by Gasteiger charge is -2.14. The highest BCUT2D eigenvalue weighted by Gasteiger charge is 2.19. The van der Waals surface area contributed by atoms with E-state index in [0.29, 0.717) is 11.5 Å². The number of carbonyl (C=O) groups excluding carboxylic acids is 1. The lowest BCUT2D eigenvalue weighted by molar-refractivity contribution is 0.0792. The van der Waals surface area contributed by atoms with Crippen LogP contribution >= 0.6 is 0 Å².